The van der Waals surface area contributed by atoms with Crippen LogP contribution in [0.3, 0.4) is 0 Å². The minimum atomic E-state index is -4.75. The van der Waals surface area contributed by atoms with E-state index in [2.05, 4.69) is 10.5 Å². The number of ether oxygens (including phenoxy) is 1. The zero-order chi connectivity index (χ0) is 11.5. The lowest BCUT2D eigenvalue weighted by Gasteiger charge is -2.17. The Hall–Kier alpha value is -1.72. The van der Waals surface area contributed by atoms with E-state index in [9.17, 15) is 18.0 Å². The number of alkyl halides is 3. The fourth-order valence-electron chi connectivity index (χ4n) is 0.971. The van der Waals surface area contributed by atoms with Crippen molar-refractivity contribution in [3.63, 3.8) is 0 Å². The number of amides is 1. The van der Waals surface area contributed by atoms with Gasteiger partial charge < -0.3 is 10.5 Å². The first-order chi connectivity index (χ1) is 6.91. The Morgan fingerprint density at radius 1 is 1.20 bits per heavy atom. The van der Waals surface area contributed by atoms with Gasteiger partial charge in [0, 0.05) is 5.56 Å². The molecule has 0 saturated heterocycles. The lowest BCUT2D eigenvalue weighted by Crippen LogP contribution is -2.29. The van der Waals surface area contributed by atoms with Crippen molar-refractivity contribution in [2.45, 2.75) is 6.18 Å². The van der Waals surface area contributed by atoms with Crippen LogP contribution in [0.4, 0.5) is 18.0 Å². The Morgan fingerprint density at radius 2 is 1.73 bits per heavy atom. The minimum Gasteiger partial charge on any atom is -0.423 e. The monoisotopic (exact) mass is 218 g/mol. The average molecular weight is 218 g/mol. The first-order valence-corrected chi connectivity index (χ1v) is 3.88. The SMILES string of the molecule is NC(=O)O[C](c1ccccc1)C(F)(F)F. The van der Waals surface area contributed by atoms with Crippen molar-refractivity contribution >= 4 is 6.09 Å². The molecular weight excluding hydrogens is 211 g/mol. The molecule has 1 aromatic carbocycles. The summed E-state index contributed by atoms with van der Waals surface area (Å²) in [5, 5.41) is 0. The van der Waals surface area contributed by atoms with E-state index in [0.29, 0.717) is 0 Å². The lowest BCUT2D eigenvalue weighted by molar-refractivity contribution is -0.146. The van der Waals surface area contributed by atoms with Crippen LogP contribution in [0.15, 0.2) is 30.3 Å². The maximum absolute atomic E-state index is 12.4. The summed E-state index contributed by atoms with van der Waals surface area (Å²) >= 11 is 0. The van der Waals surface area contributed by atoms with Crippen LogP contribution in [-0.2, 0) is 4.74 Å². The fourth-order valence-corrected chi connectivity index (χ4v) is 0.971. The third-order valence-electron chi connectivity index (χ3n) is 1.50. The van der Waals surface area contributed by atoms with E-state index in [1.807, 2.05) is 0 Å². The van der Waals surface area contributed by atoms with Crippen molar-refractivity contribution < 1.29 is 22.7 Å². The van der Waals surface area contributed by atoms with Crippen LogP contribution in [0.25, 0.3) is 0 Å². The molecule has 2 N–H and O–H groups in total. The zero-order valence-corrected chi connectivity index (χ0v) is 7.41. The van der Waals surface area contributed by atoms with Crippen molar-refractivity contribution in [1.29, 1.82) is 0 Å². The zero-order valence-electron chi connectivity index (χ0n) is 7.41. The van der Waals surface area contributed by atoms with E-state index in [-0.39, 0.29) is 5.56 Å². The highest BCUT2D eigenvalue weighted by Gasteiger charge is 2.45. The molecule has 0 aliphatic carbocycles. The number of carbonyl (C=O) groups excluding carboxylic acids is 1. The van der Waals surface area contributed by atoms with Gasteiger partial charge in [0.15, 0.2) is 0 Å². The molecule has 0 aliphatic rings. The van der Waals surface area contributed by atoms with E-state index >= 15 is 0 Å². The highest BCUT2D eigenvalue weighted by atomic mass is 19.4. The van der Waals surface area contributed by atoms with E-state index in [0.717, 1.165) is 0 Å². The Morgan fingerprint density at radius 3 is 2.13 bits per heavy atom. The number of halogens is 3. The summed E-state index contributed by atoms with van der Waals surface area (Å²) in [6.45, 7) is 0. The first-order valence-electron chi connectivity index (χ1n) is 3.88. The molecule has 3 nitrogen and oxygen atoms in total. The van der Waals surface area contributed by atoms with Crippen LogP contribution < -0.4 is 5.73 Å². The van der Waals surface area contributed by atoms with Crippen LogP contribution in [0.2, 0.25) is 0 Å². The summed E-state index contributed by atoms with van der Waals surface area (Å²) in [4.78, 5) is 10.3. The molecule has 0 aliphatic heterocycles. The van der Waals surface area contributed by atoms with Gasteiger partial charge in [-0.1, -0.05) is 30.3 Å². The van der Waals surface area contributed by atoms with Crippen LogP contribution in [-0.4, -0.2) is 12.3 Å². The van der Waals surface area contributed by atoms with Crippen LogP contribution in [0.5, 0.6) is 0 Å². The van der Waals surface area contributed by atoms with Crippen LogP contribution in [0, 0.1) is 6.10 Å². The van der Waals surface area contributed by atoms with Gasteiger partial charge in [0.2, 0.25) is 0 Å². The number of carbonyl (C=O) groups is 1. The molecule has 6 heteroatoms. The van der Waals surface area contributed by atoms with Crippen molar-refractivity contribution in [3.8, 4) is 0 Å². The largest absolute Gasteiger partial charge is 0.437 e. The van der Waals surface area contributed by atoms with Crippen molar-refractivity contribution in [2.24, 2.45) is 5.73 Å². The Labute approximate surface area is 83.6 Å². The molecule has 0 aromatic heterocycles. The normalized spacial score (nSPS) is 11.5. The molecule has 0 saturated carbocycles. The van der Waals surface area contributed by atoms with E-state index in [1.54, 1.807) is 6.07 Å². The van der Waals surface area contributed by atoms with Crippen molar-refractivity contribution in [3.05, 3.63) is 42.0 Å². The molecule has 0 heterocycles. The fraction of sp³-hybridized carbons (Fsp3) is 0.111. The van der Waals surface area contributed by atoms with Gasteiger partial charge in [-0.3, -0.25) is 0 Å². The maximum atomic E-state index is 12.4. The van der Waals surface area contributed by atoms with Crippen molar-refractivity contribution in [2.75, 3.05) is 0 Å². The summed E-state index contributed by atoms with van der Waals surface area (Å²) in [7, 11) is 0. The molecule has 1 aromatic rings. The molecular formula is C9H7F3NO2. The summed E-state index contributed by atoms with van der Waals surface area (Å²) in [5.41, 5.74) is 4.30. The van der Waals surface area contributed by atoms with Gasteiger partial charge in [-0.05, 0) is 0 Å². The molecule has 1 amide bonds. The third kappa shape index (κ3) is 3.16. The van der Waals surface area contributed by atoms with Gasteiger partial charge in [-0.25, -0.2) is 4.79 Å². The molecule has 0 bridgehead atoms. The molecule has 1 rings (SSSR count). The molecule has 81 valence electrons. The summed E-state index contributed by atoms with van der Waals surface area (Å²) in [6, 6.07) is 6.68. The molecule has 1 radical (unpaired) electrons. The van der Waals surface area contributed by atoms with E-state index < -0.39 is 18.4 Å². The Balaban J connectivity index is 2.97. The molecule has 15 heavy (non-hydrogen) atoms. The molecule has 0 atom stereocenters. The van der Waals surface area contributed by atoms with Crippen molar-refractivity contribution in [1.82, 2.24) is 0 Å². The van der Waals surface area contributed by atoms with Crippen LogP contribution >= 0.6 is 0 Å². The third-order valence-corrected chi connectivity index (χ3v) is 1.50. The van der Waals surface area contributed by atoms with Gasteiger partial charge >= 0.3 is 12.3 Å². The first kappa shape index (κ1) is 11.4. The lowest BCUT2D eigenvalue weighted by atomic mass is 10.1. The minimum absolute atomic E-state index is 0.246. The summed E-state index contributed by atoms with van der Waals surface area (Å²) < 4.78 is 41.1. The standard InChI is InChI=1S/C9H7F3NO2/c10-9(11,12)7(15-8(13)14)6-4-2-1-3-5-6/h1-5H,(H2,13,14). The average Bonchev–Trinajstić information content (AvgIpc) is 2.14. The number of hydrogen-bond acceptors (Lipinski definition) is 2. The highest BCUT2D eigenvalue weighted by molar-refractivity contribution is 5.66. The molecule has 0 fully saturated rings. The number of rotatable bonds is 2. The predicted molar refractivity (Wildman–Crippen MR) is 45.5 cm³/mol. The second kappa shape index (κ2) is 4.20. The predicted octanol–water partition coefficient (Wildman–Crippen LogP) is 2.22. The van der Waals surface area contributed by atoms with E-state index in [1.165, 1.54) is 24.3 Å². The molecule has 0 unspecified atom stereocenters. The van der Waals surface area contributed by atoms with Gasteiger partial charge in [-0.15, -0.1) is 0 Å². The second-order valence-electron chi connectivity index (χ2n) is 2.61. The Kier molecular flexibility index (Phi) is 3.18. The highest BCUT2D eigenvalue weighted by Crippen LogP contribution is 2.34. The number of nitrogens with two attached hydrogens (primary N) is 1. The number of benzene rings is 1. The quantitative estimate of drug-likeness (QED) is 0.827. The van der Waals surface area contributed by atoms with E-state index in [4.69, 9.17) is 0 Å². The topological polar surface area (TPSA) is 52.3 Å². The second-order valence-corrected chi connectivity index (χ2v) is 2.61. The van der Waals surface area contributed by atoms with Gasteiger partial charge in [0.1, 0.15) is 0 Å². The number of primary amides is 1. The van der Waals surface area contributed by atoms with Gasteiger partial charge in [0.05, 0.1) is 0 Å². The molecule has 0 spiro atoms. The Bertz CT molecular complexity index is 337. The summed E-state index contributed by atoms with van der Waals surface area (Å²) in [6.07, 6.45) is -7.65. The maximum Gasteiger partial charge on any atom is 0.437 e. The smallest absolute Gasteiger partial charge is 0.423 e. The number of hydrogen-bond donors (Lipinski definition) is 1. The summed E-state index contributed by atoms with van der Waals surface area (Å²) in [5.74, 6) is 0. The van der Waals surface area contributed by atoms with Gasteiger partial charge in [-0.2, -0.15) is 13.2 Å². The van der Waals surface area contributed by atoms with Gasteiger partial charge in [0.25, 0.3) is 6.10 Å². The van der Waals surface area contributed by atoms with Crippen LogP contribution in [0.1, 0.15) is 5.56 Å².